The highest BCUT2D eigenvalue weighted by atomic mass is 79.9. The van der Waals surface area contributed by atoms with Gasteiger partial charge in [-0.05, 0) is 69.5 Å². The summed E-state index contributed by atoms with van der Waals surface area (Å²) in [6.07, 6.45) is 1.72. The van der Waals surface area contributed by atoms with E-state index >= 15 is 0 Å². The Hall–Kier alpha value is -1.40. The van der Waals surface area contributed by atoms with Crippen LogP contribution in [0.2, 0.25) is 0 Å². The van der Waals surface area contributed by atoms with Crippen LogP contribution in [-0.4, -0.2) is 17.6 Å². The minimum Gasteiger partial charge on any atom is -0.462 e. The number of nitrogens with zero attached hydrogens (tertiary/aromatic N) is 1. The molecular weight excluding hydrogens is 400 g/mol. The average molecular weight is 414 g/mol. The summed E-state index contributed by atoms with van der Waals surface area (Å²) < 4.78 is 6.61. The maximum absolute atomic E-state index is 11.9. The molecule has 6 heteroatoms. The Labute approximate surface area is 140 Å². The van der Waals surface area contributed by atoms with Gasteiger partial charge in [0.15, 0.2) is 0 Å². The van der Waals surface area contributed by atoms with Crippen molar-refractivity contribution in [3.8, 4) is 11.1 Å². The normalized spacial score (nSPS) is 10.5. The summed E-state index contributed by atoms with van der Waals surface area (Å²) in [6.45, 7) is 3.89. The number of esters is 1. The fraction of sp³-hybridized carbons (Fsp3) is 0.200. The zero-order chi connectivity index (χ0) is 15.6. The molecule has 0 saturated heterocycles. The third kappa shape index (κ3) is 3.44. The van der Waals surface area contributed by atoms with E-state index in [-0.39, 0.29) is 5.97 Å². The molecule has 0 fully saturated rings. The number of rotatable bonds is 3. The van der Waals surface area contributed by atoms with Gasteiger partial charge >= 0.3 is 5.97 Å². The molecule has 2 N–H and O–H groups in total. The summed E-state index contributed by atoms with van der Waals surface area (Å²) in [4.78, 5) is 16.2. The number of carbonyl (C=O) groups excluding carboxylic acids is 1. The second-order valence-electron chi connectivity index (χ2n) is 4.43. The van der Waals surface area contributed by atoms with Crippen LogP contribution < -0.4 is 5.73 Å². The van der Waals surface area contributed by atoms with Gasteiger partial charge in [-0.1, -0.05) is 0 Å². The highest BCUT2D eigenvalue weighted by Crippen LogP contribution is 2.34. The molecule has 0 spiro atoms. The van der Waals surface area contributed by atoms with Crippen LogP contribution in [0.25, 0.3) is 11.1 Å². The van der Waals surface area contributed by atoms with E-state index in [0.717, 1.165) is 20.1 Å². The summed E-state index contributed by atoms with van der Waals surface area (Å²) >= 11 is 6.83. The van der Waals surface area contributed by atoms with Crippen molar-refractivity contribution in [1.82, 2.24) is 4.98 Å². The fourth-order valence-electron chi connectivity index (χ4n) is 1.86. The van der Waals surface area contributed by atoms with Crippen molar-refractivity contribution in [2.24, 2.45) is 0 Å². The lowest BCUT2D eigenvalue weighted by Crippen LogP contribution is -2.08. The maximum Gasteiger partial charge on any atom is 0.339 e. The molecule has 1 heterocycles. The average Bonchev–Trinajstić information content (AvgIpc) is 2.45. The molecule has 0 unspecified atom stereocenters. The van der Waals surface area contributed by atoms with Crippen LogP contribution in [-0.2, 0) is 4.74 Å². The number of halogens is 2. The van der Waals surface area contributed by atoms with E-state index in [4.69, 9.17) is 10.5 Å². The quantitative estimate of drug-likeness (QED) is 0.600. The Bertz CT molecular complexity index is 679. The van der Waals surface area contributed by atoms with Crippen LogP contribution >= 0.6 is 31.9 Å². The molecule has 0 radical (unpaired) electrons. The fourth-order valence-corrected chi connectivity index (χ4v) is 3.04. The molecule has 110 valence electrons. The van der Waals surface area contributed by atoms with Gasteiger partial charge in [-0.2, -0.15) is 0 Å². The van der Waals surface area contributed by atoms with E-state index in [2.05, 4.69) is 36.8 Å². The zero-order valence-corrected chi connectivity index (χ0v) is 14.8. The monoisotopic (exact) mass is 412 g/mol. The number of carbonyl (C=O) groups is 1. The van der Waals surface area contributed by atoms with Gasteiger partial charge in [0.2, 0.25) is 0 Å². The molecule has 0 aliphatic rings. The number of aromatic nitrogens is 1. The first-order valence-corrected chi connectivity index (χ1v) is 7.91. The first kappa shape index (κ1) is 16.0. The Morgan fingerprint density at radius 1 is 1.24 bits per heavy atom. The summed E-state index contributed by atoms with van der Waals surface area (Å²) in [7, 11) is 0. The minimum absolute atomic E-state index is 0.335. The third-order valence-corrected chi connectivity index (χ3v) is 4.31. The van der Waals surface area contributed by atoms with E-state index in [1.54, 1.807) is 26.1 Å². The van der Waals surface area contributed by atoms with Gasteiger partial charge in [-0.3, -0.25) is 4.98 Å². The Morgan fingerprint density at radius 2 is 1.86 bits per heavy atom. The predicted octanol–water partition coefficient (Wildman–Crippen LogP) is 4.34. The Kier molecular flexibility index (Phi) is 5.00. The van der Waals surface area contributed by atoms with Crippen molar-refractivity contribution in [3.05, 3.63) is 44.6 Å². The van der Waals surface area contributed by atoms with Crippen molar-refractivity contribution in [2.45, 2.75) is 13.8 Å². The summed E-state index contributed by atoms with van der Waals surface area (Å²) in [5.41, 5.74) is 9.36. The van der Waals surface area contributed by atoms with Crippen LogP contribution in [0.4, 0.5) is 5.69 Å². The van der Waals surface area contributed by atoms with Gasteiger partial charge < -0.3 is 10.5 Å². The van der Waals surface area contributed by atoms with Gasteiger partial charge in [0.25, 0.3) is 0 Å². The van der Waals surface area contributed by atoms with E-state index in [9.17, 15) is 4.79 Å². The molecule has 1 aromatic carbocycles. The largest absolute Gasteiger partial charge is 0.462 e. The Balaban J connectivity index is 2.51. The molecule has 21 heavy (non-hydrogen) atoms. The summed E-state index contributed by atoms with van der Waals surface area (Å²) in [5.74, 6) is -0.363. The lowest BCUT2D eigenvalue weighted by atomic mass is 10.0. The molecule has 0 atom stereocenters. The van der Waals surface area contributed by atoms with Gasteiger partial charge in [0.05, 0.1) is 23.6 Å². The third-order valence-electron chi connectivity index (χ3n) is 2.99. The molecule has 0 aliphatic heterocycles. The molecule has 2 rings (SSSR count). The highest BCUT2D eigenvalue weighted by molar-refractivity contribution is 9.11. The van der Waals surface area contributed by atoms with Crippen LogP contribution in [0, 0.1) is 6.92 Å². The number of ether oxygens (including phenoxy) is 1. The second kappa shape index (κ2) is 6.58. The molecule has 4 nitrogen and oxygen atoms in total. The Morgan fingerprint density at radius 3 is 2.43 bits per heavy atom. The van der Waals surface area contributed by atoms with Gasteiger partial charge in [-0.15, -0.1) is 0 Å². The van der Waals surface area contributed by atoms with Gasteiger partial charge in [-0.25, -0.2) is 4.79 Å². The van der Waals surface area contributed by atoms with Crippen LogP contribution in [0.3, 0.4) is 0 Å². The standard InChI is InChI=1S/C15H14Br2N2O2/c1-3-21-15(20)11-4-10(7-19-8(11)2)9-5-12(16)14(18)13(17)6-9/h4-7H,3,18H2,1-2H3. The van der Waals surface area contributed by atoms with Crippen LogP contribution in [0.5, 0.6) is 0 Å². The number of hydrogen-bond donors (Lipinski definition) is 1. The number of pyridine rings is 1. The van der Waals surface area contributed by atoms with Gasteiger partial charge in [0, 0.05) is 20.7 Å². The number of nitrogens with two attached hydrogens (primary N) is 1. The number of hydrogen-bond acceptors (Lipinski definition) is 4. The van der Waals surface area contributed by atoms with E-state index in [0.29, 0.717) is 23.6 Å². The first-order valence-electron chi connectivity index (χ1n) is 6.32. The number of aryl methyl sites for hydroxylation is 1. The lowest BCUT2D eigenvalue weighted by Gasteiger charge is -2.10. The van der Waals surface area contributed by atoms with Crippen molar-refractivity contribution in [1.29, 1.82) is 0 Å². The van der Waals surface area contributed by atoms with E-state index in [1.807, 2.05) is 12.1 Å². The van der Waals surface area contributed by atoms with Crippen molar-refractivity contribution >= 4 is 43.5 Å². The van der Waals surface area contributed by atoms with Crippen LogP contribution in [0.1, 0.15) is 23.0 Å². The van der Waals surface area contributed by atoms with Crippen LogP contribution in [0.15, 0.2) is 33.3 Å². The second-order valence-corrected chi connectivity index (χ2v) is 6.14. The first-order chi connectivity index (χ1) is 9.93. The SMILES string of the molecule is CCOC(=O)c1cc(-c2cc(Br)c(N)c(Br)c2)cnc1C. The lowest BCUT2D eigenvalue weighted by molar-refractivity contribution is 0.0525. The van der Waals surface area contributed by atoms with Crippen molar-refractivity contribution in [3.63, 3.8) is 0 Å². The number of nitrogen functional groups attached to an aromatic ring is 1. The van der Waals surface area contributed by atoms with Crippen molar-refractivity contribution < 1.29 is 9.53 Å². The molecule has 0 saturated carbocycles. The summed E-state index contributed by atoms with van der Waals surface area (Å²) in [5, 5.41) is 0. The molecular formula is C15H14Br2N2O2. The number of benzene rings is 1. The zero-order valence-electron chi connectivity index (χ0n) is 11.6. The molecule has 0 amide bonds. The van der Waals surface area contributed by atoms with E-state index < -0.39 is 0 Å². The molecule has 0 aliphatic carbocycles. The number of anilines is 1. The smallest absolute Gasteiger partial charge is 0.339 e. The molecule has 2 aromatic rings. The highest BCUT2D eigenvalue weighted by Gasteiger charge is 2.14. The predicted molar refractivity (Wildman–Crippen MR) is 90.2 cm³/mol. The van der Waals surface area contributed by atoms with Crippen molar-refractivity contribution in [2.75, 3.05) is 12.3 Å². The molecule has 0 bridgehead atoms. The maximum atomic E-state index is 11.9. The van der Waals surface area contributed by atoms with E-state index in [1.165, 1.54) is 0 Å². The minimum atomic E-state index is -0.363. The topological polar surface area (TPSA) is 65.2 Å². The van der Waals surface area contributed by atoms with Gasteiger partial charge in [0.1, 0.15) is 0 Å². The summed E-state index contributed by atoms with van der Waals surface area (Å²) in [6, 6.07) is 5.56. The molecule has 1 aromatic heterocycles.